The fourth-order valence-corrected chi connectivity index (χ4v) is 1.89. The van der Waals surface area contributed by atoms with Gasteiger partial charge in [0.1, 0.15) is 24.2 Å². The summed E-state index contributed by atoms with van der Waals surface area (Å²) < 4.78 is 30.9. The first kappa shape index (κ1) is 11.4. The summed E-state index contributed by atoms with van der Waals surface area (Å²) in [6, 6.07) is 7.20. The number of ether oxygens (including phenoxy) is 2. The number of hydrogen-bond acceptors (Lipinski definition) is 5. The van der Waals surface area contributed by atoms with Crippen LogP contribution in [0.25, 0.3) is 0 Å². The number of rotatable bonds is 4. The minimum absolute atomic E-state index is 0.275. The van der Waals surface area contributed by atoms with Crippen molar-refractivity contribution in [3.05, 3.63) is 24.3 Å². The van der Waals surface area contributed by atoms with Crippen molar-refractivity contribution in [1.82, 2.24) is 0 Å². The SMILES string of the molecule is COc1ccc(OC[C@H]2CO[S@@](=O)O2)cc1. The Morgan fingerprint density at radius 1 is 1.38 bits per heavy atom. The molecule has 5 nitrogen and oxygen atoms in total. The molecule has 1 aromatic rings. The highest BCUT2D eigenvalue weighted by Crippen LogP contribution is 2.18. The van der Waals surface area contributed by atoms with Crippen molar-refractivity contribution in [1.29, 1.82) is 0 Å². The van der Waals surface area contributed by atoms with Crippen LogP contribution in [0.2, 0.25) is 0 Å². The van der Waals surface area contributed by atoms with E-state index in [-0.39, 0.29) is 6.10 Å². The fourth-order valence-electron chi connectivity index (χ4n) is 1.24. The maximum Gasteiger partial charge on any atom is 0.305 e. The van der Waals surface area contributed by atoms with Crippen LogP contribution in [0.5, 0.6) is 11.5 Å². The van der Waals surface area contributed by atoms with E-state index in [0.717, 1.165) is 5.75 Å². The molecule has 1 fully saturated rings. The van der Waals surface area contributed by atoms with Gasteiger partial charge >= 0.3 is 11.4 Å². The Labute approximate surface area is 96.1 Å². The van der Waals surface area contributed by atoms with Crippen LogP contribution in [0.3, 0.4) is 0 Å². The largest absolute Gasteiger partial charge is 0.497 e. The van der Waals surface area contributed by atoms with E-state index in [0.29, 0.717) is 19.0 Å². The molecule has 0 bridgehead atoms. The highest BCUT2D eigenvalue weighted by molar-refractivity contribution is 7.75. The van der Waals surface area contributed by atoms with Crippen molar-refractivity contribution in [3.8, 4) is 11.5 Å². The molecule has 2 atom stereocenters. The number of hydrogen-bond donors (Lipinski definition) is 0. The summed E-state index contributed by atoms with van der Waals surface area (Å²) in [7, 11) is 1.61. The van der Waals surface area contributed by atoms with Gasteiger partial charge in [0.25, 0.3) is 0 Å². The van der Waals surface area contributed by atoms with Gasteiger partial charge in [0.05, 0.1) is 13.7 Å². The third kappa shape index (κ3) is 2.94. The lowest BCUT2D eigenvalue weighted by Gasteiger charge is -2.09. The molecule has 0 aliphatic carbocycles. The monoisotopic (exact) mass is 244 g/mol. The van der Waals surface area contributed by atoms with E-state index in [1.807, 2.05) is 0 Å². The molecule has 1 heterocycles. The van der Waals surface area contributed by atoms with Crippen LogP contribution in [-0.4, -0.2) is 30.6 Å². The zero-order valence-corrected chi connectivity index (χ0v) is 9.57. The highest BCUT2D eigenvalue weighted by atomic mass is 32.2. The van der Waals surface area contributed by atoms with Crippen molar-refractivity contribution >= 4 is 11.4 Å². The fraction of sp³-hybridized carbons (Fsp3) is 0.400. The van der Waals surface area contributed by atoms with E-state index in [9.17, 15) is 4.21 Å². The molecule has 0 saturated carbocycles. The third-order valence-corrected chi connectivity index (χ3v) is 2.82. The first-order chi connectivity index (χ1) is 7.78. The Morgan fingerprint density at radius 2 is 2.06 bits per heavy atom. The number of benzene rings is 1. The lowest BCUT2D eigenvalue weighted by molar-refractivity contribution is 0.151. The van der Waals surface area contributed by atoms with E-state index in [1.165, 1.54) is 0 Å². The molecule has 1 aliphatic heterocycles. The topological polar surface area (TPSA) is 54.0 Å². The maximum absolute atomic E-state index is 10.7. The molecule has 0 aromatic heterocycles. The molecule has 88 valence electrons. The van der Waals surface area contributed by atoms with Crippen molar-refractivity contribution in [2.24, 2.45) is 0 Å². The zero-order chi connectivity index (χ0) is 11.4. The van der Waals surface area contributed by atoms with Gasteiger partial charge in [0, 0.05) is 0 Å². The van der Waals surface area contributed by atoms with Crippen molar-refractivity contribution in [2.75, 3.05) is 20.3 Å². The second kappa shape index (κ2) is 5.29. The molecule has 1 aromatic carbocycles. The molecule has 0 spiro atoms. The van der Waals surface area contributed by atoms with E-state index >= 15 is 0 Å². The summed E-state index contributed by atoms with van der Waals surface area (Å²) in [4.78, 5) is 0. The first-order valence-electron chi connectivity index (χ1n) is 4.77. The van der Waals surface area contributed by atoms with Crippen LogP contribution in [-0.2, 0) is 19.7 Å². The quantitative estimate of drug-likeness (QED) is 0.793. The summed E-state index contributed by atoms with van der Waals surface area (Å²) >= 11 is -1.62. The summed E-state index contributed by atoms with van der Waals surface area (Å²) in [6.45, 7) is 0.612. The normalized spacial score (nSPS) is 24.3. The smallest absolute Gasteiger partial charge is 0.305 e. The van der Waals surface area contributed by atoms with Gasteiger partial charge in [0.2, 0.25) is 0 Å². The van der Waals surface area contributed by atoms with E-state index in [2.05, 4.69) is 0 Å². The Bertz CT molecular complexity index is 364. The van der Waals surface area contributed by atoms with Crippen LogP contribution in [0, 0.1) is 0 Å². The maximum atomic E-state index is 10.7. The van der Waals surface area contributed by atoms with Crippen LogP contribution >= 0.6 is 0 Å². The zero-order valence-electron chi connectivity index (χ0n) is 8.75. The third-order valence-electron chi connectivity index (χ3n) is 2.06. The molecule has 0 unspecified atom stereocenters. The lowest BCUT2D eigenvalue weighted by Crippen LogP contribution is -2.19. The van der Waals surface area contributed by atoms with E-state index < -0.39 is 11.4 Å². The predicted octanol–water partition coefficient (Wildman–Crippen LogP) is 1.07. The Morgan fingerprint density at radius 3 is 2.62 bits per heavy atom. The van der Waals surface area contributed by atoms with E-state index in [1.54, 1.807) is 31.4 Å². The van der Waals surface area contributed by atoms with Crippen LogP contribution in [0.4, 0.5) is 0 Å². The second-order valence-corrected chi connectivity index (χ2v) is 4.03. The van der Waals surface area contributed by atoms with Gasteiger partial charge in [-0.15, -0.1) is 0 Å². The van der Waals surface area contributed by atoms with Gasteiger partial charge in [0.15, 0.2) is 0 Å². The van der Waals surface area contributed by atoms with Crippen LogP contribution in [0.1, 0.15) is 0 Å². The molecule has 2 rings (SSSR count). The van der Waals surface area contributed by atoms with Gasteiger partial charge in [-0.1, -0.05) is 0 Å². The van der Waals surface area contributed by atoms with Crippen molar-refractivity contribution in [2.45, 2.75) is 6.10 Å². The summed E-state index contributed by atoms with van der Waals surface area (Å²) in [5.41, 5.74) is 0. The van der Waals surface area contributed by atoms with E-state index in [4.69, 9.17) is 17.8 Å². The molecule has 0 radical (unpaired) electrons. The van der Waals surface area contributed by atoms with Gasteiger partial charge in [-0.25, -0.2) is 0 Å². The minimum atomic E-state index is -1.62. The minimum Gasteiger partial charge on any atom is -0.497 e. The molecule has 1 saturated heterocycles. The Balaban J connectivity index is 1.82. The highest BCUT2D eigenvalue weighted by Gasteiger charge is 2.23. The van der Waals surface area contributed by atoms with Crippen LogP contribution in [0.15, 0.2) is 24.3 Å². The summed E-state index contributed by atoms with van der Waals surface area (Å²) in [6.07, 6.45) is -0.275. The van der Waals surface area contributed by atoms with Crippen LogP contribution < -0.4 is 9.47 Å². The molecule has 0 N–H and O–H groups in total. The Kier molecular flexibility index (Phi) is 3.76. The number of methoxy groups -OCH3 is 1. The average Bonchev–Trinajstić information content (AvgIpc) is 2.73. The predicted molar refractivity (Wildman–Crippen MR) is 57.5 cm³/mol. The first-order valence-corrected chi connectivity index (χ1v) is 5.77. The van der Waals surface area contributed by atoms with Gasteiger partial charge < -0.3 is 9.47 Å². The molecule has 1 aliphatic rings. The summed E-state index contributed by atoms with van der Waals surface area (Å²) in [5.74, 6) is 1.48. The lowest BCUT2D eigenvalue weighted by atomic mass is 10.3. The summed E-state index contributed by atoms with van der Waals surface area (Å²) in [5, 5.41) is 0. The molecule has 6 heteroatoms. The standard InChI is InChI=1S/C10H12O5S/c1-12-8-2-4-9(5-3-8)13-6-10-7-14-16(11)15-10/h2-5,10H,6-7H2,1H3/t10-,16+/m0/s1. The van der Waals surface area contributed by atoms with Gasteiger partial charge in [-0.05, 0) is 24.3 Å². The van der Waals surface area contributed by atoms with Gasteiger partial charge in [-0.2, -0.15) is 4.21 Å². The molecule has 16 heavy (non-hydrogen) atoms. The average molecular weight is 244 g/mol. The van der Waals surface area contributed by atoms with Gasteiger partial charge in [-0.3, -0.25) is 8.37 Å². The van der Waals surface area contributed by atoms with Crippen molar-refractivity contribution < 1.29 is 22.0 Å². The second-order valence-electron chi connectivity index (χ2n) is 3.19. The van der Waals surface area contributed by atoms with Crippen molar-refractivity contribution in [3.63, 3.8) is 0 Å². The molecular weight excluding hydrogens is 232 g/mol. The Hall–Kier alpha value is -1.11. The molecular formula is C10H12O5S. The molecule has 0 amide bonds.